The smallest absolute Gasteiger partial charge is 0.436 e. The van der Waals surface area contributed by atoms with Crippen molar-refractivity contribution in [2.45, 2.75) is 58.3 Å². The van der Waals surface area contributed by atoms with Crippen LogP contribution in [0.2, 0.25) is 0 Å². The van der Waals surface area contributed by atoms with Crippen molar-refractivity contribution in [3.8, 4) is 0 Å². The Labute approximate surface area is 134 Å². The number of esters is 1. The fourth-order valence-corrected chi connectivity index (χ4v) is 2.71. The Balaban J connectivity index is 3.22. The minimum absolute atomic E-state index is 0.0836. The highest BCUT2D eigenvalue weighted by Crippen LogP contribution is 2.36. The molecule has 0 bridgehead atoms. The summed E-state index contributed by atoms with van der Waals surface area (Å²) in [6.45, 7) is 4.86. The van der Waals surface area contributed by atoms with Gasteiger partial charge in [-0.25, -0.2) is 4.79 Å². The predicted octanol–water partition coefficient (Wildman–Crippen LogP) is 2.46. The number of hydrogen-bond donors (Lipinski definition) is 1. The molecule has 0 aromatic heterocycles. The molecule has 5 nitrogen and oxygen atoms in total. The molecule has 23 heavy (non-hydrogen) atoms. The normalized spacial score (nSPS) is 19.3. The zero-order valence-electron chi connectivity index (χ0n) is 13.8. The van der Waals surface area contributed by atoms with Gasteiger partial charge in [0.1, 0.15) is 0 Å². The van der Waals surface area contributed by atoms with Crippen LogP contribution in [0.3, 0.4) is 0 Å². The van der Waals surface area contributed by atoms with Gasteiger partial charge in [-0.2, -0.15) is 13.2 Å². The second-order valence-electron chi connectivity index (χ2n) is 6.12. The second kappa shape index (κ2) is 7.99. The van der Waals surface area contributed by atoms with E-state index in [-0.39, 0.29) is 32.0 Å². The number of hydrogen-bond acceptors (Lipinski definition) is 4. The molecule has 0 aromatic rings. The van der Waals surface area contributed by atoms with Crippen molar-refractivity contribution in [2.24, 2.45) is 5.92 Å². The van der Waals surface area contributed by atoms with Crippen LogP contribution in [0.4, 0.5) is 13.2 Å². The van der Waals surface area contributed by atoms with E-state index in [2.05, 4.69) is 4.74 Å². The number of ether oxygens (including phenoxy) is 1. The van der Waals surface area contributed by atoms with Crippen molar-refractivity contribution in [3.63, 3.8) is 0 Å². The molecule has 8 heteroatoms. The number of carbonyl (C=O) groups is 2. The van der Waals surface area contributed by atoms with Crippen molar-refractivity contribution in [1.29, 1.82) is 0 Å². The molecular weight excluding hydrogens is 313 g/mol. The molecule has 1 heterocycles. The molecule has 1 atom stereocenters. The zero-order valence-corrected chi connectivity index (χ0v) is 13.8. The Morgan fingerprint density at radius 3 is 2.17 bits per heavy atom. The van der Waals surface area contributed by atoms with Gasteiger partial charge in [0.2, 0.25) is 5.91 Å². The van der Waals surface area contributed by atoms with Crippen LogP contribution in [-0.4, -0.2) is 48.3 Å². The van der Waals surface area contributed by atoms with E-state index in [1.807, 2.05) is 5.32 Å². The zero-order chi connectivity index (χ0) is 17.7. The first-order valence-corrected chi connectivity index (χ1v) is 7.95. The van der Waals surface area contributed by atoms with E-state index in [9.17, 15) is 22.8 Å². The van der Waals surface area contributed by atoms with Gasteiger partial charge in [-0.15, -0.1) is 0 Å². The van der Waals surface area contributed by atoms with Crippen LogP contribution in [0.25, 0.3) is 0 Å². The molecular formula is C15H25F3N2O3. The third-order valence-electron chi connectivity index (χ3n) is 3.73. The minimum atomic E-state index is -4.97. The molecule has 1 rings (SSSR count). The maximum atomic E-state index is 13.9. The monoisotopic (exact) mass is 338 g/mol. The summed E-state index contributed by atoms with van der Waals surface area (Å²) in [5.41, 5.74) is -3.10. The van der Waals surface area contributed by atoms with E-state index in [0.717, 1.165) is 11.3 Å². The Morgan fingerprint density at radius 1 is 1.17 bits per heavy atom. The number of halogens is 3. The van der Waals surface area contributed by atoms with Crippen LogP contribution in [0, 0.1) is 5.92 Å². The van der Waals surface area contributed by atoms with Gasteiger partial charge in [-0.05, 0) is 25.7 Å². The summed E-state index contributed by atoms with van der Waals surface area (Å²) in [5, 5.41) is 1.94. The van der Waals surface area contributed by atoms with E-state index in [1.165, 1.54) is 6.92 Å². The van der Waals surface area contributed by atoms with Gasteiger partial charge in [-0.1, -0.05) is 20.3 Å². The summed E-state index contributed by atoms with van der Waals surface area (Å²) in [5.74, 6) is -2.40. The number of piperidine rings is 1. The van der Waals surface area contributed by atoms with Crippen LogP contribution in [0.15, 0.2) is 0 Å². The van der Waals surface area contributed by atoms with E-state index in [1.54, 1.807) is 13.8 Å². The Kier molecular flexibility index (Phi) is 6.85. The van der Waals surface area contributed by atoms with Gasteiger partial charge < -0.3 is 10.1 Å². The third kappa shape index (κ3) is 4.59. The highest BCUT2D eigenvalue weighted by Gasteiger charge is 2.66. The topological polar surface area (TPSA) is 58.6 Å². The molecule has 1 saturated heterocycles. The molecule has 0 aromatic carbocycles. The molecule has 1 aliphatic heterocycles. The average Bonchev–Trinajstić information content (AvgIpc) is 2.43. The summed E-state index contributed by atoms with van der Waals surface area (Å²) in [4.78, 5) is 25.2. The highest BCUT2D eigenvalue weighted by atomic mass is 19.4. The highest BCUT2D eigenvalue weighted by molar-refractivity contribution is 5.88. The second-order valence-corrected chi connectivity index (χ2v) is 6.12. The predicted molar refractivity (Wildman–Crippen MR) is 78.4 cm³/mol. The molecule has 0 saturated carbocycles. The van der Waals surface area contributed by atoms with E-state index in [4.69, 9.17) is 0 Å². The van der Waals surface area contributed by atoms with Gasteiger partial charge in [0.15, 0.2) is 0 Å². The molecule has 0 aliphatic carbocycles. The first-order valence-electron chi connectivity index (χ1n) is 7.95. The van der Waals surface area contributed by atoms with Crippen LogP contribution < -0.4 is 5.32 Å². The quantitative estimate of drug-likeness (QED) is 0.756. The first-order chi connectivity index (χ1) is 10.6. The molecule has 1 amide bonds. The van der Waals surface area contributed by atoms with Gasteiger partial charge >= 0.3 is 12.1 Å². The van der Waals surface area contributed by atoms with Gasteiger partial charge in [-0.3, -0.25) is 9.69 Å². The fraction of sp³-hybridized carbons (Fsp3) is 0.867. The number of alkyl halides is 3. The first kappa shape index (κ1) is 19.7. The summed E-state index contributed by atoms with van der Waals surface area (Å²) >= 11 is 0. The number of nitrogens with one attached hydrogen (secondary N) is 1. The summed E-state index contributed by atoms with van der Waals surface area (Å²) in [6.07, 6.45) is -3.18. The third-order valence-corrected chi connectivity index (χ3v) is 3.73. The van der Waals surface area contributed by atoms with Gasteiger partial charge in [0.05, 0.1) is 6.61 Å². The lowest BCUT2D eigenvalue weighted by atomic mass is 10.0. The standard InChI is InChI=1S/C15H25F3N2O3/c1-4-23-13(22)14(15(16,17)18,19-12(21)10-11(2)3)20-8-6-5-7-9-20/h11H,4-10H2,1-3H3,(H,19,21)/t14-/m1/s1. The van der Waals surface area contributed by atoms with Crippen LogP contribution in [0.5, 0.6) is 0 Å². The lowest BCUT2D eigenvalue weighted by Crippen LogP contribution is -2.74. The summed E-state index contributed by atoms with van der Waals surface area (Å²) < 4.78 is 46.3. The molecule has 1 aliphatic rings. The van der Waals surface area contributed by atoms with E-state index >= 15 is 0 Å². The van der Waals surface area contributed by atoms with Crippen LogP contribution in [-0.2, 0) is 14.3 Å². The Morgan fingerprint density at radius 2 is 1.74 bits per heavy atom. The SMILES string of the molecule is CCOC(=O)[C@@](NC(=O)CC(C)C)(N1CCCCC1)C(F)(F)F. The minimum Gasteiger partial charge on any atom is -0.463 e. The van der Waals surface area contributed by atoms with E-state index < -0.39 is 23.7 Å². The number of likely N-dealkylation sites (tertiary alicyclic amines) is 1. The lowest BCUT2D eigenvalue weighted by molar-refractivity contribution is -0.251. The van der Waals surface area contributed by atoms with Crippen molar-refractivity contribution in [2.75, 3.05) is 19.7 Å². The van der Waals surface area contributed by atoms with Crippen molar-refractivity contribution in [3.05, 3.63) is 0 Å². The molecule has 0 radical (unpaired) electrons. The summed E-state index contributed by atoms with van der Waals surface area (Å²) in [7, 11) is 0. The van der Waals surface area contributed by atoms with Crippen molar-refractivity contribution in [1.82, 2.24) is 10.2 Å². The largest absolute Gasteiger partial charge is 0.463 e. The van der Waals surface area contributed by atoms with Crippen molar-refractivity contribution < 1.29 is 27.5 Å². The van der Waals surface area contributed by atoms with Crippen LogP contribution >= 0.6 is 0 Å². The van der Waals surface area contributed by atoms with Crippen LogP contribution in [0.1, 0.15) is 46.5 Å². The number of amides is 1. The maximum absolute atomic E-state index is 13.9. The average molecular weight is 338 g/mol. The summed E-state index contributed by atoms with van der Waals surface area (Å²) in [6, 6.07) is 0. The van der Waals surface area contributed by atoms with E-state index in [0.29, 0.717) is 12.8 Å². The molecule has 134 valence electrons. The molecule has 1 N–H and O–H groups in total. The Bertz CT molecular complexity index is 421. The van der Waals surface area contributed by atoms with Crippen molar-refractivity contribution >= 4 is 11.9 Å². The fourth-order valence-electron chi connectivity index (χ4n) is 2.71. The van der Waals surface area contributed by atoms with Gasteiger partial charge in [0, 0.05) is 19.5 Å². The van der Waals surface area contributed by atoms with Gasteiger partial charge in [0.25, 0.3) is 5.66 Å². The maximum Gasteiger partial charge on any atom is 0.436 e. The lowest BCUT2D eigenvalue weighted by Gasteiger charge is -2.44. The number of carbonyl (C=O) groups excluding carboxylic acids is 2. The molecule has 0 unspecified atom stereocenters. The molecule has 1 fully saturated rings. The Hall–Kier alpha value is -1.31. The number of nitrogens with zero attached hydrogens (tertiary/aromatic N) is 1. The number of rotatable bonds is 6. The molecule has 0 spiro atoms.